The molecule has 0 N–H and O–H groups in total. The molecule has 1 heterocycles. The average molecular weight is 132 g/mol. The van der Waals surface area contributed by atoms with E-state index in [-0.39, 0.29) is 0 Å². The zero-order valence-electron chi connectivity index (χ0n) is 4.22. The Morgan fingerprint density at radius 3 is 2.86 bits per heavy atom. The lowest BCUT2D eigenvalue weighted by Crippen LogP contribution is -1.78. The molecular formula is C5H8S2. The highest BCUT2D eigenvalue weighted by Gasteiger charge is 2.08. The fraction of sp³-hybridized carbons (Fsp3) is 0.600. The van der Waals surface area contributed by atoms with E-state index in [4.69, 9.17) is 0 Å². The van der Waals surface area contributed by atoms with Crippen LogP contribution in [0.2, 0.25) is 0 Å². The quantitative estimate of drug-likeness (QED) is 0.493. The summed E-state index contributed by atoms with van der Waals surface area (Å²) in [7, 11) is 0. The highest BCUT2D eigenvalue weighted by Crippen LogP contribution is 2.33. The Labute approximate surface area is 53.8 Å². The first-order valence-electron chi connectivity index (χ1n) is 2.30. The molecule has 40 valence electrons. The minimum atomic E-state index is 0.542. The number of hydrogen-bond donors (Lipinski definition) is 1. The van der Waals surface area contributed by atoms with Crippen molar-refractivity contribution in [3.8, 4) is 0 Å². The third kappa shape index (κ3) is 1.42. The molecule has 1 unspecified atom stereocenters. The summed E-state index contributed by atoms with van der Waals surface area (Å²) in [6.07, 6.45) is 3.36. The van der Waals surface area contributed by atoms with Crippen molar-refractivity contribution in [3.63, 3.8) is 0 Å². The van der Waals surface area contributed by atoms with Gasteiger partial charge in [-0.15, -0.1) is 11.8 Å². The summed E-state index contributed by atoms with van der Waals surface area (Å²) in [6, 6.07) is 0. The lowest BCUT2D eigenvalue weighted by atomic mass is 10.4. The molecule has 1 aliphatic heterocycles. The molecule has 0 fully saturated rings. The molecule has 0 aromatic heterocycles. The summed E-state index contributed by atoms with van der Waals surface area (Å²) in [5, 5.41) is 0. The molecule has 0 spiro atoms. The van der Waals surface area contributed by atoms with E-state index in [9.17, 15) is 0 Å². The Morgan fingerprint density at radius 1 is 2.00 bits per heavy atom. The van der Waals surface area contributed by atoms with Gasteiger partial charge in [0.05, 0.1) is 4.58 Å². The number of thiol groups is 1. The van der Waals surface area contributed by atoms with Gasteiger partial charge in [0, 0.05) is 0 Å². The van der Waals surface area contributed by atoms with E-state index >= 15 is 0 Å². The maximum Gasteiger partial charge on any atom is 0.0550 e. The van der Waals surface area contributed by atoms with Gasteiger partial charge in [-0.1, -0.05) is 6.08 Å². The van der Waals surface area contributed by atoms with Crippen molar-refractivity contribution in [3.05, 3.63) is 11.0 Å². The number of rotatable bonds is 0. The summed E-state index contributed by atoms with van der Waals surface area (Å²) in [5.41, 5.74) is 0. The largest absolute Gasteiger partial charge is 0.164 e. The second-order valence-electron chi connectivity index (χ2n) is 1.62. The first kappa shape index (κ1) is 5.57. The second-order valence-corrected chi connectivity index (χ2v) is 4.04. The Bertz CT molecular complexity index is 96.3. The smallest absolute Gasteiger partial charge is 0.0550 e. The van der Waals surface area contributed by atoms with Crippen molar-refractivity contribution in [1.82, 2.24) is 0 Å². The van der Waals surface area contributed by atoms with Crippen LogP contribution in [0, 0.1) is 0 Å². The van der Waals surface area contributed by atoms with Crippen molar-refractivity contribution >= 4 is 24.4 Å². The first-order valence-corrected chi connectivity index (χ1v) is 3.70. The molecule has 1 rings (SSSR count). The molecule has 1 aliphatic rings. The van der Waals surface area contributed by atoms with Gasteiger partial charge in [0.2, 0.25) is 0 Å². The van der Waals surface area contributed by atoms with Crippen molar-refractivity contribution in [2.45, 2.75) is 17.9 Å². The van der Waals surface area contributed by atoms with Crippen molar-refractivity contribution in [2.24, 2.45) is 0 Å². The van der Waals surface area contributed by atoms with Gasteiger partial charge in [0.15, 0.2) is 0 Å². The average Bonchev–Trinajstić information content (AvgIpc) is 1.87. The van der Waals surface area contributed by atoms with Crippen molar-refractivity contribution < 1.29 is 0 Å². The lowest BCUT2D eigenvalue weighted by molar-refractivity contribution is 1.21. The van der Waals surface area contributed by atoms with Crippen LogP contribution in [0.25, 0.3) is 0 Å². The van der Waals surface area contributed by atoms with Crippen LogP contribution in [0.5, 0.6) is 0 Å². The second kappa shape index (κ2) is 2.14. The van der Waals surface area contributed by atoms with Gasteiger partial charge in [-0.2, -0.15) is 12.6 Å². The third-order valence-electron chi connectivity index (χ3n) is 0.929. The van der Waals surface area contributed by atoms with Crippen LogP contribution in [0.3, 0.4) is 0 Å². The van der Waals surface area contributed by atoms with Gasteiger partial charge < -0.3 is 0 Å². The Kier molecular flexibility index (Phi) is 1.70. The number of hydrogen-bond acceptors (Lipinski definition) is 2. The van der Waals surface area contributed by atoms with E-state index < -0.39 is 0 Å². The first-order chi connectivity index (χ1) is 3.29. The van der Waals surface area contributed by atoms with Gasteiger partial charge in [0.25, 0.3) is 0 Å². The topological polar surface area (TPSA) is 0 Å². The summed E-state index contributed by atoms with van der Waals surface area (Å²) in [5.74, 6) is 0. The number of allylic oxidation sites excluding steroid dienone is 2. The van der Waals surface area contributed by atoms with E-state index in [1.165, 1.54) is 4.91 Å². The summed E-state index contributed by atoms with van der Waals surface area (Å²) in [4.78, 5) is 1.42. The molecule has 0 aliphatic carbocycles. The zero-order valence-corrected chi connectivity index (χ0v) is 5.93. The van der Waals surface area contributed by atoms with Crippen molar-refractivity contribution in [1.29, 1.82) is 0 Å². The molecule has 0 aromatic carbocycles. The molecule has 2 heteroatoms. The van der Waals surface area contributed by atoms with Crippen LogP contribution >= 0.6 is 24.4 Å². The SMILES string of the molecule is CC1=CCC(S)S1. The Hall–Kier alpha value is 0.440. The fourth-order valence-corrected chi connectivity index (χ4v) is 2.00. The summed E-state index contributed by atoms with van der Waals surface area (Å²) < 4.78 is 0.542. The molecular weight excluding hydrogens is 124 g/mol. The minimum Gasteiger partial charge on any atom is -0.164 e. The summed E-state index contributed by atoms with van der Waals surface area (Å²) >= 11 is 6.11. The number of thioether (sulfide) groups is 1. The van der Waals surface area contributed by atoms with E-state index in [0.29, 0.717) is 4.58 Å². The van der Waals surface area contributed by atoms with Crippen LogP contribution in [0.4, 0.5) is 0 Å². The molecule has 0 saturated carbocycles. The molecule has 0 amide bonds. The normalized spacial score (nSPS) is 30.6. The van der Waals surface area contributed by atoms with Gasteiger partial charge in [0.1, 0.15) is 0 Å². The summed E-state index contributed by atoms with van der Waals surface area (Å²) in [6.45, 7) is 2.13. The highest BCUT2D eigenvalue weighted by molar-refractivity contribution is 8.13. The third-order valence-corrected chi connectivity index (χ3v) is 2.46. The predicted octanol–water partition coefficient (Wildman–Crippen LogP) is 2.28. The van der Waals surface area contributed by atoms with Crippen LogP contribution in [0.15, 0.2) is 11.0 Å². The van der Waals surface area contributed by atoms with Crippen LogP contribution in [-0.2, 0) is 0 Å². The predicted molar refractivity (Wildman–Crippen MR) is 38.7 cm³/mol. The van der Waals surface area contributed by atoms with E-state index in [2.05, 4.69) is 25.6 Å². The maximum absolute atomic E-state index is 4.26. The van der Waals surface area contributed by atoms with Crippen molar-refractivity contribution in [2.75, 3.05) is 0 Å². The van der Waals surface area contributed by atoms with E-state index in [0.717, 1.165) is 6.42 Å². The van der Waals surface area contributed by atoms with Gasteiger partial charge in [-0.05, 0) is 18.2 Å². The monoisotopic (exact) mass is 132 g/mol. The fourth-order valence-electron chi connectivity index (χ4n) is 0.578. The molecule has 0 radical (unpaired) electrons. The van der Waals surface area contributed by atoms with Gasteiger partial charge in [-0.25, -0.2) is 0 Å². The van der Waals surface area contributed by atoms with Crippen LogP contribution < -0.4 is 0 Å². The molecule has 0 saturated heterocycles. The molecule has 0 nitrogen and oxygen atoms in total. The highest BCUT2D eigenvalue weighted by atomic mass is 32.2. The standard InChI is InChI=1S/C5H8S2/c1-4-2-3-5(6)7-4/h2,5-6H,3H2,1H3. The van der Waals surface area contributed by atoms with E-state index in [1.807, 2.05) is 11.8 Å². The van der Waals surface area contributed by atoms with Gasteiger partial charge >= 0.3 is 0 Å². The maximum atomic E-state index is 4.26. The Morgan fingerprint density at radius 2 is 2.71 bits per heavy atom. The molecule has 0 aromatic rings. The Balaban J connectivity index is 2.42. The van der Waals surface area contributed by atoms with E-state index in [1.54, 1.807) is 0 Å². The minimum absolute atomic E-state index is 0.542. The molecule has 1 atom stereocenters. The molecule has 0 bridgehead atoms. The molecule has 7 heavy (non-hydrogen) atoms. The van der Waals surface area contributed by atoms with Crippen LogP contribution in [-0.4, -0.2) is 4.58 Å². The zero-order chi connectivity index (χ0) is 5.28. The van der Waals surface area contributed by atoms with Crippen LogP contribution in [0.1, 0.15) is 13.3 Å². The van der Waals surface area contributed by atoms with Gasteiger partial charge in [-0.3, -0.25) is 0 Å². The lowest BCUT2D eigenvalue weighted by Gasteiger charge is -1.94.